The van der Waals surface area contributed by atoms with E-state index in [2.05, 4.69) is 27.0 Å². The number of carbonyl (C=O) groups excluding carboxylic acids is 3. The normalized spacial score (nSPS) is 17.8. The highest BCUT2D eigenvalue weighted by Gasteiger charge is 2.28. The van der Waals surface area contributed by atoms with Crippen molar-refractivity contribution in [1.29, 1.82) is 5.26 Å². The Labute approximate surface area is 193 Å². The molecule has 0 aliphatic carbocycles. The summed E-state index contributed by atoms with van der Waals surface area (Å²) in [4.78, 5) is 41.1. The van der Waals surface area contributed by atoms with Crippen molar-refractivity contribution in [3.63, 3.8) is 0 Å². The number of esters is 1. The fraction of sp³-hybridized carbons (Fsp3) is 0.381. The molecule has 1 aromatic heterocycles. The number of amides is 2. The van der Waals surface area contributed by atoms with Gasteiger partial charge in [0, 0.05) is 24.6 Å². The molecule has 0 spiro atoms. The van der Waals surface area contributed by atoms with Gasteiger partial charge < -0.3 is 15.4 Å². The molecule has 0 radical (unpaired) electrons. The summed E-state index contributed by atoms with van der Waals surface area (Å²) in [6, 6.07) is 9.02. The predicted molar refractivity (Wildman–Crippen MR) is 122 cm³/mol. The number of benzene rings is 1. The van der Waals surface area contributed by atoms with E-state index in [1.54, 1.807) is 26.0 Å². The molecule has 0 saturated carbocycles. The molecule has 1 aromatic carbocycles. The number of thioether (sulfide) groups is 1. The summed E-state index contributed by atoms with van der Waals surface area (Å²) in [6.45, 7) is 3.67. The van der Waals surface area contributed by atoms with Crippen LogP contribution in [0.3, 0.4) is 0 Å². The number of nitriles is 1. The molecular weight excluding hydrogens is 450 g/mol. The van der Waals surface area contributed by atoms with Crippen LogP contribution in [0.25, 0.3) is 0 Å². The van der Waals surface area contributed by atoms with Gasteiger partial charge in [-0.1, -0.05) is 23.5 Å². The van der Waals surface area contributed by atoms with Gasteiger partial charge in [-0.2, -0.15) is 5.26 Å². The highest BCUT2D eigenvalue weighted by Crippen LogP contribution is 2.24. The standard InChI is InChI=1S/C21H23N5O4S2/c1-3-30-19(29)18-12(2)23-21(32-18)26-17(28)9-15-8-16(27)25-20(24-15)31-11-14-6-4-13(10-22)5-7-14/h4-7,15,20,24H,3,8-9,11H2,1-2H3,(H,25,27)(H,23,26,28). The molecule has 2 amide bonds. The van der Waals surface area contributed by atoms with E-state index >= 15 is 0 Å². The topological polar surface area (TPSA) is 133 Å². The summed E-state index contributed by atoms with van der Waals surface area (Å²) < 4.78 is 4.99. The van der Waals surface area contributed by atoms with Crippen LogP contribution in [0.5, 0.6) is 0 Å². The second-order valence-corrected chi connectivity index (χ2v) is 9.13. The van der Waals surface area contributed by atoms with Crippen molar-refractivity contribution in [1.82, 2.24) is 15.6 Å². The first kappa shape index (κ1) is 23.7. The number of anilines is 1. The zero-order valence-electron chi connectivity index (χ0n) is 17.6. The number of hydrogen-bond acceptors (Lipinski definition) is 9. The number of carbonyl (C=O) groups is 3. The van der Waals surface area contributed by atoms with Crippen molar-refractivity contribution in [2.24, 2.45) is 0 Å². The van der Waals surface area contributed by atoms with E-state index in [0.29, 0.717) is 27.0 Å². The molecule has 2 unspecified atom stereocenters. The van der Waals surface area contributed by atoms with Gasteiger partial charge in [0.1, 0.15) is 10.4 Å². The smallest absolute Gasteiger partial charge is 0.350 e. The van der Waals surface area contributed by atoms with Gasteiger partial charge in [0.25, 0.3) is 0 Å². The maximum absolute atomic E-state index is 12.5. The van der Waals surface area contributed by atoms with Crippen LogP contribution in [0, 0.1) is 18.3 Å². The van der Waals surface area contributed by atoms with Crippen LogP contribution in [0.1, 0.15) is 46.3 Å². The van der Waals surface area contributed by atoms with E-state index in [-0.39, 0.29) is 42.8 Å². The molecule has 1 fully saturated rings. The number of ether oxygens (including phenoxy) is 1. The van der Waals surface area contributed by atoms with Crippen molar-refractivity contribution in [3.05, 3.63) is 46.0 Å². The second-order valence-electron chi connectivity index (χ2n) is 7.04. The van der Waals surface area contributed by atoms with Gasteiger partial charge in [0.2, 0.25) is 11.8 Å². The number of hydrogen-bond donors (Lipinski definition) is 3. The molecule has 1 aliphatic rings. The minimum absolute atomic E-state index is 0.0920. The number of aryl methyl sites for hydroxylation is 1. The molecule has 11 heteroatoms. The van der Waals surface area contributed by atoms with Crippen LogP contribution >= 0.6 is 23.1 Å². The number of nitrogens with one attached hydrogen (secondary N) is 3. The van der Waals surface area contributed by atoms with Gasteiger partial charge in [-0.15, -0.1) is 11.8 Å². The van der Waals surface area contributed by atoms with Gasteiger partial charge in [0.05, 0.1) is 23.9 Å². The minimum Gasteiger partial charge on any atom is -0.462 e. The Kier molecular flexibility index (Phi) is 8.21. The van der Waals surface area contributed by atoms with Crippen molar-refractivity contribution >= 4 is 46.0 Å². The molecular formula is C21H23N5O4S2. The SMILES string of the molecule is CCOC(=O)c1sc(NC(=O)CC2CC(=O)NC(SCc3ccc(C#N)cc3)N2)nc1C. The Morgan fingerprint density at radius 1 is 1.38 bits per heavy atom. The highest BCUT2D eigenvalue weighted by molar-refractivity contribution is 7.99. The average molecular weight is 474 g/mol. The average Bonchev–Trinajstić information content (AvgIpc) is 3.12. The second kappa shape index (κ2) is 11.1. The Morgan fingerprint density at radius 2 is 2.12 bits per heavy atom. The van der Waals surface area contributed by atoms with Crippen LogP contribution in [0.2, 0.25) is 0 Å². The quantitative estimate of drug-likeness (QED) is 0.498. The summed E-state index contributed by atoms with van der Waals surface area (Å²) in [5.41, 5.74) is 1.79. The van der Waals surface area contributed by atoms with Crippen LogP contribution < -0.4 is 16.0 Å². The Bertz CT molecular complexity index is 1030. The van der Waals surface area contributed by atoms with E-state index in [9.17, 15) is 14.4 Å². The fourth-order valence-corrected chi connectivity index (χ4v) is 4.98. The van der Waals surface area contributed by atoms with Gasteiger partial charge in [-0.3, -0.25) is 14.9 Å². The van der Waals surface area contributed by atoms with E-state index in [0.717, 1.165) is 16.9 Å². The lowest BCUT2D eigenvalue weighted by atomic mass is 10.1. The minimum atomic E-state index is -0.462. The molecule has 0 bridgehead atoms. The summed E-state index contributed by atoms with van der Waals surface area (Å²) in [7, 11) is 0. The van der Waals surface area contributed by atoms with E-state index < -0.39 is 5.97 Å². The van der Waals surface area contributed by atoms with Crippen LogP contribution in [-0.4, -0.2) is 40.9 Å². The summed E-state index contributed by atoms with van der Waals surface area (Å²) in [5, 5.41) is 18.0. The number of rotatable bonds is 8. The first-order valence-corrected chi connectivity index (χ1v) is 11.8. The maximum atomic E-state index is 12.5. The lowest BCUT2D eigenvalue weighted by Gasteiger charge is -2.30. The summed E-state index contributed by atoms with van der Waals surface area (Å²) in [6.07, 6.45) is 0.279. The third-order valence-electron chi connectivity index (χ3n) is 4.55. The zero-order valence-corrected chi connectivity index (χ0v) is 19.3. The Balaban J connectivity index is 1.52. The molecule has 2 atom stereocenters. The van der Waals surface area contributed by atoms with Crippen molar-refractivity contribution in [3.8, 4) is 6.07 Å². The third kappa shape index (κ3) is 6.53. The van der Waals surface area contributed by atoms with Crippen molar-refractivity contribution in [2.45, 2.75) is 44.0 Å². The fourth-order valence-electron chi connectivity index (χ4n) is 3.05. The van der Waals surface area contributed by atoms with Crippen molar-refractivity contribution in [2.75, 3.05) is 11.9 Å². The van der Waals surface area contributed by atoms with E-state index in [1.165, 1.54) is 11.8 Å². The third-order valence-corrected chi connectivity index (χ3v) is 6.69. The van der Waals surface area contributed by atoms with E-state index in [1.807, 2.05) is 12.1 Å². The molecule has 1 saturated heterocycles. The Morgan fingerprint density at radius 3 is 2.81 bits per heavy atom. The number of aromatic nitrogens is 1. The molecule has 168 valence electrons. The molecule has 1 aliphatic heterocycles. The highest BCUT2D eigenvalue weighted by atomic mass is 32.2. The van der Waals surface area contributed by atoms with Gasteiger partial charge in [-0.25, -0.2) is 9.78 Å². The largest absolute Gasteiger partial charge is 0.462 e. The first-order valence-electron chi connectivity index (χ1n) is 9.98. The zero-order chi connectivity index (χ0) is 23.1. The predicted octanol–water partition coefficient (Wildman–Crippen LogP) is 2.52. The molecule has 3 N–H and O–H groups in total. The molecule has 3 rings (SSSR count). The summed E-state index contributed by atoms with van der Waals surface area (Å²) >= 11 is 2.56. The van der Waals surface area contributed by atoms with Gasteiger partial charge in [0.15, 0.2) is 5.13 Å². The van der Waals surface area contributed by atoms with Crippen LogP contribution in [-0.2, 0) is 20.1 Å². The van der Waals surface area contributed by atoms with Crippen molar-refractivity contribution < 1.29 is 19.1 Å². The monoisotopic (exact) mass is 473 g/mol. The molecule has 2 aromatic rings. The first-order chi connectivity index (χ1) is 15.4. The molecule has 32 heavy (non-hydrogen) atoms. The number of nitrogens with zero attached hydrogens (tertiary/aromatic N) is 2. The van der Waals surface area contributed by atoms with E-state index in [4.69, 9.17) is 10.00 Å². The molecule has 9 nitrogen and oxygen atoms in total. The summed E-state index contributed by atoms with van der Waals surface area (Å²) in [5.74, 6) is -0.251. The van der Waals surface area contributed by atoms with Crippen LogP contribution in [0.4, 0.5) is 5.13 Å². The van der Waals surface area contributed by atoms with Crippen LogP contribution in [0.15, 0.2) is 24.3 Å². The van der Waals surface area contributed by atoms with Gasteiger partial charge >= 0.3 is 5.97 Å². The lowest BCUT2D eigenvalue weighted by molar-refractivity contribution is -0.124. The van der Waals surface area contributed by atoms with Gasteiger partial charge in [-0.05, 0) is 31.5 Å². The lowest BCUT2D eigenvalue weighted by Crippen LogP contribution is -2.55. The number of thiazole rings is 1. The molecule has 2 heterocycles. The maximum Gasteiger partial charge on any atom is 0.350 e. The Hall–Kier alpha value is -2.94.